The van der Waals surface area contributed by atoms with Gasteiger partial charge in [-0.15, -0.1) is 11.3 Å². The first-order valence-corrected chi connectivity index (χ1v) is 9.95. The average molecular weight is 379 g/mol. The van der Waals surface area contributed by atoms with Crippen LogP contribution in [0.5, 0.6) is 0 Å². The van der Waals surface area contributed by atoms with Gasteiger partial charge in [-0.3, -0.25) is 9.69 Å². The fourth-order valence-corrected chi connectivity index (χ4v) is 4.20. The van der Waals surface area contributed by atoms with Gasteiger partial charge in [-0.05, 0) is 31.7 Å². The van der Waals surface area contributed by atoms with Gasteiger partial charge in [-0.1, -0.05) is 36.7 Å². The lowest BCUT2D eigenvalue weighted by molar-refractivity contribution is -0.123. The highest BCUT2D eigenvalue weighted by molar-refractivity contribution is 7.14. The normalized spacial score (nSPS) is 18.3. The third kappa shape index (κ3) is 4.22. The van der Waals surface area contributed by atoms with Crippen LogP contribution in [-0.2, 0) is 9.53 Å². The molecule has 25 heavy (non-hydrogen) atoms. The predicted molar refractivity (Wildman–Crippen MR) is 103 cm³/mol. The van der Waals surface area contributed by atoms with E-state index in [4.69, 9.17) is 16.3 Å². The van der Waals surface area contributed by atoms with Gasteiger partial charge >= 0.3 is 0 Å². The summed E-state index contributed by atoms with van der Waals surface area (Å²) in [7, 11) is 1.80. The van der Waals surface area contributed by atoms with E-state index >= 15 is 0 Å². The number of hydrogen-bond acceptors (Lipinski definition) is 4. The fourth-order valence-electron chi connectivity index (χ4n) is 3.17. The van der Waals surface area contributed by atoms with Crippen molar-refractivity contribution in [1.82, 2.24) is 4.98 Å². The van der Waals surface area contributed by atoms with Gasteiger partial charge in [0.1, 0.15) is 0 Å². The Kier molecular flexibility index (Phi) is 6.10. The first-order valence-electron chi connectivity index (χ1n) is 8.69. The van der Waals surface area contributed by atoms with Crippen molar-refractivity contribution in [2.24, 2.45) is 5.92 Å². The van der Waals surface area contributed by atoms with E-state index in [0.29, 0.717) is 10.2 Å². The molecule has 1 aliphatic heterocycles. The molecular weight excluding hydrogens is 356 g/mol. The maximum absolute atomic E-state index is 12.9. The van der Waals surface area contributed by atoms with Crippen LogP contribution in [0.4, 0.5) is 5.13 Å². The Bertz CT molecular complexity index is 728. The summed E-state index contributed by atoms with van der Waals surface area (Å²) < 4.78 is 5.70. The molecule has 1 amide bonds. The molecule has 2 aromatic rings. The SMILES string of the molecule is CC[C@H](C[C@H]1CCCO1)C(=O)N(C)c1nc(-c2ccccc2Cl)cs1. The van der Waals surface area contributed by atoms with E-state index in [1.807, 2.05) is 29.6 Å². The molecule has 0 radical (unpaired) electrons. The number of carbonyl (C=O) groups excluding carboxylic acids is 1. The van der Waals surface area contributed by atoms with Gasteiger partial charge in [0, 0.05) is 35.5 Å². The summed E-state index contributed by atoms with van der Waals surface area (Å²) in [5.41, 5.74) is 1.69. The molecule has 6 heteroatoms. The molecule has 1 aliphatic rings. The van der Waals surface area contributed by atoms with Crippen LogP contribution in [0.1, 0.15) is 32.6 Å². The molecule has 1 aromatic heterocycles. The van der Waals surface area contributed by atoms with E-state index in [9.17, 15) is 4.79 Å². The molecule has 3 rings (SSSR count). The summed E-state index contributed by atoms with van der Waals surface area (Å²) in [5, 5.41) is 3.31. The van der Waals surface area contributed by atoms with Gasteiger partial charge in [-0.25, -0.2) is 4.98 Å². The van der Waals surface area contributed by atoms with E-state index < -0.39 is 0 Å². The lowest BCUT2D eigenvalue weighted by Gasteiger charge is -2.23. The highest BCUT2D eigenvalue weighted by atomic mass is 35.5. The Balaban J connectivity index is 1.72. The molecule has 2 atom stereocenters. The van der Waals surface area contributed by atoms with Gasteiger partial charge in [0.15, 0.2) is 5.13 Å². The van der Waals surface area contributed by atoms with Crippen molar-refractivity contribution in [1.29, 1.82) is 0 Å². The molecule has 0 N–H and O–H groups in total. The second kappa shape index (κ2) is 8.30. The van der Waals surface area contributed by atoms with Crippen LogP contribution < -0.4 is 4.90 Å². The quantitative estimate of drug-likeness (QED) is 0.708. The van der Waals surface area contributed by atoms with Gasteiger partial charge in [-0.2, -0.15) is 0 Å². The van der Waals surface area contributed by atoms with Crippen molar-refractivity contribution in [2.45, 2.75) is 38.7 Å². The Morgan fingerprint density at radius 3 is 2.96 bits per heavy atom. The van der Waals surface area contributed by atoms with E-state index in [-0.39, 0.29) is 17.9 Å². The second-order valence-corrected chi connectivity index (χ2v) is 7.61. The Morgan fingerprint density at radius 2 is 2.28 bits per heavy atom. The highest BCUT2D eigenvalue weighted by Gasteiger charge is 2.28. The predicted octanol–water partition coefficient (Wildman–Crippen LogP) is 5.02. The zero-order valence-electron chi connectivity index (χ0n) is 14.6. The van der Waals surface area contributed by atoms with Crippen molar-refractivity contribution in [2.75, 3.05) is 18.6 Å². The van der Waals surface area contributed by atoms with Crippen molar-refractivity contribution < 1.29 is 9.53 Å². The summed E-state index contributed by atoms with van der Waals surface area (Å²) in [6.07, 6.45) is 3.98. The summed E-state index contributed by atoms with van der Waals surface area (Å²) in [6, 6.07) is 7.62. The van der Waals surface area contributed by atoms with Crippen LogP contribution in [0.2, 0.25) is 5.02 Å². The van der Waals surface area contributed by atoms with Gasteiger partial charge in [0.2, 0.25) is 5.91 Å². The number of benzene rings is 1. The number of anilines is 1. The number of rotatable bonds is 6. The summed E-state index contributed by atoms with van der Waals surface area (Å²) in [4.78, 5) is 19.2. The number of nitrogens with zero attached hydrogens (tertiary/aromatic N) is 2. The van der Waals surface area contributed by atoms with E-state index in [1.54, 1.807) is 11.9 Å². The molecule has 0 spiro atoms. The molecule has 4 nitrogen and oxygen atoms in total. The number of thiazole rings is 1. The van der Waals surface area contributed by atoms with E-state index in [1.165, 1.54) is 11.3 Å². The van der Waals surface area contributed by atoms with Crippen LogP contribution in [-0.4, -0.2) is 30.6 Å². The molecule has 134 valence electrons. The Hall–Kier alpha value is -1.43. The highest BCUT2D eigenvalue weighted by Crippen LogP contribution is 2.32. The first kappa shape index (κ1) is 18.4. The summed E-state index contributed by atoms with van der Waals surface area (Å²) in [5.74, 6) is 0.0822. The number of carbonyl (C=O) groups is 1. The molecule has 0 saturated carbocycles. The minimum atomic E-state index is -0.0271. The number of hydrogen-bond donors (Lipinski definition) is 0. The van der Waals surface area contributed by atoms with Crippen LogP contribution >= 0.6 is 22.9 Å². The van der Waals surface area contributed by atoms with E-state index in [2.05, 4.69) is 11.9 Å². The molecule has 1 fully saturated rings. The van der Waals surface area contributed by atoms with Crippen molar-refractivity contribution in [3.63, 3.8) is 0 Å². The maximum Gasteiger partial charge on any atom is 0.231 e. The summed E-state index contributed by atoms with van der Waals surface area (Å²) >= 11 is 7.71. The number of ether oxygens (including phenoxy) is 1. The lowest BCUT2D eigenvalue weighted by Crippen LogP contribution is -2.34. The van der Waals surface area contributed by atoms with Crippen molar-refractivity contribution in [3.8, 4) is 11.3 Å². The fraction of sp³-hybridized carbons (Fsp3) is 0.474. The van der Waals surface area contributed by atoms with E-state index in [0.717, 1.165) is 43.5 Å². The molecule has 2 heterocycles. The van der Waals surface area contributed by atoms with Gasteiger partial charge in [0.05, 0.1) is 11.8 Å². The number of amides is 1. The van der Waals surface area contributed by atoms with Crippen LogP contribution in [0.15, 0.2) is 29.6 Å². The minimum absolute atomic E-state index is 0.0271. The molecule has 1 aromatic carbocycles. The largest absolute Gasteiger partial charge is 0.378 e. The summed E-state index contributed by atoms with van der Waals surface area (Å²) in [6.45, 7) is 2.88. The van der Waals surface area contributed by atoms with Gasteiger partial charge in [0.25, 0.3) is 0 Å². The van der Waals surface area contributed by atoms with Crippen LogP contribution in [0.3, 0.4) is 0 Å². The van der Waals surface area contributed by atoms with Crippen LogP contribution in [0, 0.1) is 5.92 Å². The first-order chi connectivity index (χ1) is 12.1. The maximum atomic E-state index is 12.9. The molecule has 0 unspecified atom stereocenters. The smallest absolute Gasteiger partial charge is 0.231 e. The monoisotopic (exact) mass is 378 g/mol. The third-order valence-electron chi connectivity index (χ3n) is 4.67. The zero-order chi connectivity index (χ0) is 17.8. The minimum Gasteiger partial charge on any atom is -0.378 e. The number of halogens is 1. The number of aromatic nitrogens is 1. The van der Waals surface area contributed by atoms with Crippen molar-refractivity contribution in [3.05, 3.63) is 34.7 Å². The molecule has 0 bridgehead atoms. The molecular formula is C19H23ClN2O2S. The standard InChI is InChI=1S/C19H23ClN2O2S/c1-3-13(11-14-7-6-10-24-14)18(23)22(2)19-21-17(12-25-19)15-8-4-5-9-16(15)20/h4-5,8-9,12-14H,3,6-7,10-11H2,1-2H3/t13-,14-/m1/s1. The van der Waals surface area contributed by atoms with Crippen LogP contribution in [0.25, 0.3) is 11.3 Å². The molecule has 0 aliphatic carbocycles. The second-order valence-electron chi connectivity index (χ2n) is 6.37. The van der Waals surface area contributed by atoms with Gasteiger partial charge < -0.3 is 4.74 Å². The zero-order valence-corrected chi connectivity index (χ0v) is 16.1. The molecule has 1 saturated heterocycles. The lowest BCUT2D eigenvalue weighted by atomic mass is 9.96. The topological polar surface area (TPSA) is 42.4 Å². The third-order valence-corrected chi connectivity index (χ3v) is 5.92. The Morgan fingerprint density at radius 1 is 1.48 bits per heavy atom. The average Bonchev–Trinajstić information content (AvgIpc) is 3.30. The Labute approximate surface area is 157 Å². The van der Waals surface area contributed by atoms with Crippen molar-refractivity contribution >= 4 is 34.0 Å².